The van der Waals surface area contributed by atoms with Crippen molar-refractivity contribution in [3.05, 3.63) is 34.4 Å². The molecular formula is C15H23N3O4S. The molecule has 0 aromatic heterocycles. The molecule has 1 fully saturated rings. The lowest BCUT2D eigenvalue weighted by Gasteiger charge is -2.22. The third kappa shape index (κ3) is 5.26. The molecule has 2 rings (SSSR count). The molecule has 1 aliphatic rings. The zero-order chi connectivity index (χ0) is 16.7. The zero-order valence-electron chi connectivity index (χ0n) is 13.0. The van der Waals surface area contributed by atoms with Gasteiger partial charge in [-0.2, -0.15) is 0 Å². The molecule has 2 N–H and O–H groups in total. The first kappa shape index (κ1) is 17.8. The van der Waals surface area contributed by atoms with Gasteiger partial charge < -0.3 is 5.32 Å². The van der Waals surface area contributed by atoms with Crippen LogP contribution in [0.3, 0.4) is 0 Å². The Hall–Kier alpha value is -1.51. The number of nitrogens with zero attached hydrogens (tertiary/aromatic N) is 1. The number of rotatable bonds is 8. The van der Waals surface area contributed by atoms with Crippen molar-refractivity contribution < 1.29 is 13.3 Å². The topological polar surface area (TPSA) is 101 Å². The Balaban J connectivity index is 1.81. The highest BCUT2D eigenvalue weighted by molar-refractivity contribution is 7.89. The van der Waals surface area contributed by atoms with Crippen molar-refractivity contribution in [2.75, 3.05) is 13.1 Å². The molecule has 1 aliphatic carbocycles. The van der Waals surface area contributed by atoms with Crippen LogP contribution in [0.15, 0.2) is 29.2 Å². The molecule has 8 heteroatoms. The number of hydrogen-bond donors (Lipinski definition) is 2. The van der Waals surface area contributed by atoms with Gasteiger partial charge in [0, 0.05) is 18.7 Å². The Labute approximate surface area is 136 Å². The summed E-state index contributed by atoms with van der Waals surface area (Å²) in [5, 5.41) is 14.4. The van der Waals surface area contributed by atoms with Crippen molar-refractivity contribution in [2.45, 2.75) is 49.5 Å². The van der Waals surface area contributed by atoms with E-state index in [0.717, 1.165) is 6.54 Å². The lowest BCUT2D eigenvalue weighted by atomic mass is 9.95. The summed E-state index contributed by atoms with van der Waals surface area (Å²) in [5.41, 5.74) is -0.402. The Morgan fingerprint density at radius 1 is 1.13 bits per heavy atom. The first-order chi connectivity index (χ1) is 11.0. The average Bonchev–Trinajstić information content (AvgIpc) is 2.55. The van der Waals surface area contributed by atoms with Crippen LogP contribution in [0.1, 0.15) is 38.5 Å². The SMILES string of the molecule is O=[N+]([O-])c1ccccc1S(=O)(=O)NCCCNC1CCCCC1. The normalized spacial score (nSPS) is 16.3. The third-order valence-corrected chi connectivity index (χ3v) is 5.54. The van der Waals surface area contributed by atoms with Gasteiger partial charge in [-0.3, -0.25) is 10.1 Å². The summed E-state index contributed by atoms with van der Waals surface area (Å²) in [6, 6.07) is 5.91. The second-order valence-corrected chi connectivity index (χ2v) is 7.50. The molecule has 0 bridgehead atoms. The molecular weight excluding hydrogens is 318 g/mol. The summed E-state index contributed by atoms with van der Waals surface area (Å²) in [6.45, 7) is 0.998. The van der Waals surface area contributed by atoms with Crippen molar-refractivity contribution in [3.8, 4) is 0 Å². The third-order valence-electron chi connectivity index (χ3n) is 4.04. The van der Waals surface area contributed by atoms with Gasteiger partial charge in [0.05, 0.1) is 4.92 Å². The minimum absolute atomic E-state index is 0.258. The number of nitro benzene ring substituents is 1. The highest BCUT2D eigenvalue weighted by Gasteiger charge is 2.24. The summed E-state index contributed by atoms with van der Waals surface area (Å²) in [7, 11) is -3.86. The predicted octanol–water partition coefficient (Wildman–Crippen LogP) is 2.19. The second kappa shape index (κ2) is 8.37. The van der Waals surface area contributed by atoms with E-state index in [4.69, 9.17) is 0 Å². The average molecular weight is 341 g/mol. The minimum atomic E-state index is -3.86. The van der Waals surface area contributed by atoms with Gasteiger partial charge in [0.1, 0.15) is 0 Å². The van der Waals surface area contributed by atoms with E-state index in [1.807, 2.05) is 0 Å². The first-order valence-electron chi connectivity index (χ1n) is 7.97. The van der Waals surface area contributed by atoms with Crippen molar-refractivity contribution in [1.29, 1.82) is 0 Å². The fourth-order valence-electron chi connectivity index (χ4n) is 2.82. The maximum atomic E-state index is 12.2. The van der Waals surface area contributed by atoms with Crippen LogP contribution in [0, 0.1) is 10.1 Å². The number of sulfonamides is 1. The van der Waals surface area contributed by atoms with Crippen molar-refractivity contribution in [1.82, 2.24) is 10.0 Å². The van der Waals surface area contributed by atoms with Crippen LogP contribution in [0.4, 0.5) is 5.69 Å². The van der Waals surface area contributed by atoms with Gasteiger partial charge in [-0.05, 0) is 31.9 Å². The van der Waals surface area contributed by atoms with Crippen molar-refractivity contribution >= 4 is 15.7 Å². The molecule has 1 aromatic carbocycles. The molecule has 0 radical (unpaired) electrons. The van der Waals surface area contributed by atoms with Gasteiger partial charge in [-0.15, -0.1) is 0 Å². The van der Waals surface area contributed by atoms with Gasteiger partial charge in [-0.1, -0.05) is 31.4 Å². The lowest BCUT2D eigenvalue weighted by Crippen LogP contribution is -2.34. The van der Waals surface area contributed by atoms with Crippen molar-refractivity contribution in [3.63, 3.8) is 0 Å². The van der Waals surface area contributed by atoms with Gasteiger partial charge in [0.15, 0.2) is 4.90 Å². The number of para-hydroxylation sites is 1. The second-order valence-electron chi connectivity index (χ2n) is 5.77. The number of nitro groups is 1. The van der Waals surface area contributed by atoms with E-state index in [1.54, 1.807) is 0 Å². The molecule has 0 unspecified atom stereocenters. The minimum Gasteiger partial charge on any atom is -0.314 e. The van der Waals surface area contributed by atoms with Crippen LogP contribution in [0.2, 0.25) is 0 Å². The standard InChI is InChI=1S/C15H23N3O4S/c19-18(20)14-9-4-5-10-15(14)23(21,22)17-12-6-11-16-13-7-2-1-3-8-13/h4-5,9-10,13,16-17H,1-3,6-8,11-12H2. The highest BCUT2D eigenvalue weighted by atomic mass is 32.2. The highest BCUT2D eigenvalue weighted by Crippen LogP contribution is 2.22. The molecule has 0 saturated heterocycles. The van der Waals surface area contributed by atoms with E-state index in [2.05, 4.69) is 10.0 Å². The Bertz CT molecular complexity index is 627. The summed E-state index contributed by atoms with van der Waals surface area (Å²) < 4.78 is 26.8. The van der Waals surface area contributed by atoms with E-state index in [9.17, 15) is 18.5 Å². The van der Waals surface area contributed by atoms with E-state index in [-0.39, 0.29) is 11.4 Å². The van der Waals surface area contributed by atoms with Crippen LogP contribution >= 0.6 is 0 Å². The molecule has 128 valence electrons. The van der Waals surface area contributed by atoms with Gasteiger partial charge >= 0.3 is 0 Å². The first-order valence-corrected chi connectivity index (χ1v) is 9.45. The smallest absolute Gasteiger partial charge is 0.289 e. The molecule has 7 nitrogen and oxygen atoms in total. The molecule has 0 heterocycles. The van der Waals surface area contributed by atoms with E-state index < -0.39 is 20.6 Å². The van der Waals surface area contributed by atoms with Gasteiger partial charge in [-0.25, -0.2) is 13.1 Å². The predicted molar refractivity (Wildman–Crippen MR) is 87.8 cm³/mol. The molecule has 0 atom stereocenters. The van der Waals surface area contributed by atoms with E-state index in [1.165, 1.54) is 56.4 Å². The summed E-state index contributed by atoms with van der Waals surface area (Å²) in [6.07, 6.45) is 6.82. The largest absolute Gasteiger partial charge is 0.314 e. The van der Waals surface area contributed by atoms with Crippen LogP contribution in [0.25, 0.3) is 0 Å². The molecule has 0 spiro atoms. The Kier molecular flexibility index (Phi) is 6.49. The van der Waals surface area contributed by atoms with E-state index >= 15 is 0 Å². The number of benzene rings is 1. The summed E-state index contributed by atoms with van der Waals surface area (Å²) in [4.78, 5) is 9.95. The maximum Gasteiger partial charge on any atom is 0.289 e. The van der Waals surface area contributed by atoms with Gasteiger partial charge in [0.25, 0.3) is 5.69 Å². The fraction of sp³-hybridized carbons (Fsp3) is 0.600. The van der Waals surface area contributed by atoms with Crippen LogP contribution in [-0.2, 0) is 10.0 Å². The lowest BCUT2D eigenvalue weighted by molar-refractivity contribution is -0.387. The summed E-state index contributed by atoms with van der Waals surface area (Å²) >= 11 is 0. The maximum absolute atomic E-state index is 12.2. The van der Waals surface area contributed by atoms with Crippen LogP contribution in [0.5, 0.6) is 0 Å². The number of nitrogens with one attached hydrogen (secondary N) is 2. The molecule has 1 saturated carbocycles. The van der Waals surface area contributed by atoms with Crippen LogP contribution in [-0.4, -0.2) is 32.5 Å². The van der Waals surface area contributed by atoms with Crippen molar-refractivity contribution in [2.24, 2.45) is 0 Å². The monoisotopic (exact) mass is 341 g/mol. The zero-order valence-corrected chi connectivity index (χ0v) is 13.8. The van der Waals surface area contributed by atoms with E-state index in [0.29, 0.717) is 12.5 Å². The molecule has 0 aliphatic heterocycles. The quantitative estimate of drug-likeness (QED) is 0.429. The Morgan fingerprint density at radius 2 is 1.83 bits per heavy atom. The molecule has 0 amide bonds. The summed E-state index contributed by atoms with van der Waals surface area (Å²) in [5.74, 6) is 0. The molecule has 1 aromatic rings. The number of hydrogen-bond acceptors (Lipinski definition) is 5. The van der Waals surface area contributed by atoms with Crippen LogP contribution < -0.4 is 10.0 Å². The Morgan fingerprint density at radius 3 is 2.52 bits per heavy atom. The van der Waals surface area contributed by atoms with Gasteiger partial charge in [0.2, 0.25) is 10.0 Å². The molecule has 23 heavy (non-hydrogen) atoms. The fourth-order valence-corrected chi connectivity index (χ4v) is 4.07.